The lowest BCUT2D eigenvalue weighted by molar-refractivity contribution is -0.150. The molecule has 108 valence electrons. The van der Waals surface area contributed by atoms with Gasteiger partial charge in [0.15, 0.2) is 0 Å². The number of rotatable bonds is 2. The maximum absolute atomic E-state index is 12.1. The zero-order valence-corrected chi connectivity index (χ0v) is 11.8. The fourth-order valence-corrected chi connectivity index (χ4v) is 2.23. The molecule has 1 aliphatic rings. The molecule has 0 saturated carbocycles. The number of nitrogens with one attached hydrogen (secondary N) is 1. The van der Waals surface area contributed by atoms with E-state index in [2.05, 4.69) is 5.32 Å². The Morgan fingerprint density at radius 1 is 1.35 bits per heavy atom. The normalized spacial score (nSPS) is 20.3. The van der Waals surface area contributed by atoms with Gasteiger partial charge in [0.25, 0.3) is 0 Å². The molecule has 0 aliphatic carbocycles. The summed E-state index contributed by atoms with van der Waals surface area (Å²) >= 11 is 0. The maximum atomic E-state index is 12.1. The Morgan fingerprint density at radius 3 is 2.70 bits per heavy atom. The van der Waals surface area contributed by atoms with Crippen molar-refractivity contribution in [2.75, 3.05) is 19.7 Å². The summed E-state index contributed by atoms with van der Waals surface area (Å²) in [6.07, 6.45) is -0.0213. The van der Waals surface area contributed by atoms with Crippen molar-refractivity contribution in [3.8, 4) is 0 Å². The second-order valence-corrected chi connectivity index (χ2v) is 5.04. The van der Waals surface area contributed by atoms with Crippen molar-refractivity contribution in [1.82, 2.24) is 10.2 Å². The van der Waals surface area contributed by atoms with Crippen LogP contribution in [-0.4, -0.2) is 42.5 Å². The Balaban J connectivity index is 1.92. The van der Waals surface area contributed by atoms with Gasteiger partial charge in [-0.05, 0) is 19.4 Å². The second-order valence-electron chi connectivity index (χ2n) is 5.04. The maximum Gasteiger partial charge on any atom is 0.312 e. The van der Waals surface area contributed by atoms with E-state index >= 15 is 0 Å². The molecule has 2 amide bonds. The molecule has 5 nitrogen and oxygen atoms in total. The average molecular weight is 276 g/mol. The van der Waals surface area contributed by atoms with Crippen molar-refractivity contribution in [3.05, 3.63) is 35.9 Å². The first-order valence-corrected chi connectivity index (χ1v) is 6.84. The number of carbonyl (C=O) groups excluding carboxylic acids is 2. The molecule has 5 heteroatoms. The van der Waals surface area contributed by atoms with Gasteiger partial charge in [0.2, 0.25) is 0 Å². The van der Waals surface area contributed by atoms with Gasteiger partial charge in [0.05, 0.1) is 18.8 Å². The fraction of sp³-hybridized carbons (Fsp3) is 0.467. The van der Waals surface area contributed by atoms with Crippen molar-refractivity contribution in [2.45, 2.75) is 26.0 Å². The van der Waals surface area contributed by atoms with Crippen LogP contribution in [0.1, 0.15) is 25.5 Å². The van der Waals surface area contributed by atoms with Crippen molar-refractivity contribution in [3.63, 3.8) is 0 Å². The molecule has 1 aromatic rings. The average Bonchev–Trinajstić information content (AvgIpc) is 2.47. The minimum absolute atomic E-state index is 0.0213. The van der Waals surface area contributed by atoms with Crippen LogP contribution >= 0.6 is 0 Å². The van der Waals surface area contributed by atoms with Crippen LogP contribution in [0.4, 0.5) is 0 Å². The van der Waals surface area contributed by atoms with Gasteiger partial charge in [-0.1, -0.05) is 30.3 Å². The third-order valence-electron chi connectivity index (χ3n) is 3.37. The van der Waals surface area contributed by atoms with E-state index in [0.717, 1.165) is 5.56 Å². The topological polar surface area (TPSA) is 58.6 Å². The smallest absolute Gasteiger partial charge is 0.312 e. The summed E-state index contributed by atoms with van der Waals surface area (Å²) in [6, 6.07) is 9.38. The summed E-state index contributed by atoms with van der Waals surface area (Å²) in [5.41, 5.74) is 0.976. The minimum Gasteiger partial charge on any atom is -0.375 e. The highest BCUT2D eigenvalue weighted by atomic mass is 16.5. The van der Waals surface area contributed by atoms with Crippen LogP contribution in [0.15, 0.2) is 30.3 Å². The van der Waals surface area contributed by atoms with Gasteiger partial charge in [-0.15, -0.1) is 0 Å². The molecule has 0 radical (unpaired) electrons. The van der Waals surface area contributed by atoms with Gasteiger partial charge in [0, 0.05) is 13.1 Å². The van der Waals surface area contributed by atoms with Gasteiger partial charge in [-0.2, -0.15) is 0 Å². The second kappa shape index (κ2) is 6.52. The molecule has 20 heavy (non-hydrogen) atoms. The summed E-state index contributed by atoms with van der Waals surface area (Å²) in [6.45, 7) is 5.17. The van der Waals surface area contributed by atoms with Crippen LogP contribution in [-0.2, 0) is 14.3 Å². The molecule has 2 atom stereocenters. The van der Waals surface area contributed by atoms with Gasteiger partial charge in [-0.25, -0.2) is 0 Å². The standard InChI is InChI=1S/C15H20N2O3/c1-11-10-17(8-9-20-11)15(19)14(18)16-12(2)13-6-4-3-5-7-13/h3-7,11-12H,8-10H2,1-2H3,(H,16,18). The zero-order chi connectivity index (χ0) is 14.5. The van der Waals surface area contributed by atoms with Gasteiger partial charge in [0.1, 0.15) is 0 Å². The molecule has 1 aliphatic heterocycles. The number of benzene rings is 1. The highest BCUT2D eigenvalue weighted by molar-refractivity contribution is 6.35. The van der Waals surface area contributed by atoms with Crippen LogP contribution in [0.3, 0.4) is 0 Å². The number of carbonyl (C=O) groups is 2. The van der Waals surface area contributed by atoms with Crippen LogP contribution < -0.4 is 5.32 Å². The summed E-state index contributed by atoms with van der Waals surface area (Å²) < 4.78 is 5.36. The SMILES string of the molecule is CC1CN(C(=O)C(=O)NC(C)c2ccccc2)CCO1. The summed E-state index contributed by atoms with van der Waals surface area (Å²) in [5, 5.41) is 2.74. The lowest BCUT2D eigenvalue weighted by Gasteiger charge is -2.30. The van der Waals surface area contributed by atoms with E-state index in [9.17, 15) is 9.59 Å². The lowest BCUT2D eigenvalue weighted by atomic mass is 10.1. The van der Waals surface area contributed by atoms with Gasteiger partial charge in [-0.3, -0.25) is 9.59 Å². The van der Waals surface area contributed by atoms with Gasteiger partial charge < -0.3 is 15.0 Å². The number of amides is 2. The van der Waals surface area contributed by atoms with E-state index in [0.29, 0.717) is 19.7 Å². The molecule has 1 N–H and O–H groups in total. The molecule has 0 aromatic heterocycles. The predicted molar refractivity (Wildman–Crippen MR) is 75.0 cm³/mol. The highest BCUT2D eigenvalue weighted by Crippen LogP contribution is 2.11. The van der Waals surface area contributed by atoms with Crippen molar-refractivity contribution >= 4 is 11.8 Å². The number of morpholine rings is 1. The van der Waals surface area contributed by atoms with Crippen LogP contribution in [0.5, 0.6) is 0 Å². The number of nitrogens with zero attached hydrogens (tertiary/aromatic N) is 1. The summed E-state index contributed by atoms with van der Waals surface area (Å²) in [4.78, 5) is 25.6. The molecular weight excluding hydrogens is 256 g/mol. The first-order chi connectivity index (χ1) is 9.58. The molecule has 2 unspecified atom stereocenters. The van der Waals surface area contributed by atoms with Crippen molar-refractivity contribution in [2.24, 2.45) is 0 Å². The van der Waals surface area contributed by atoms with E-state index < -0.39 is 11.8 Å². The van der Waals surface area contributed by atoms with E-state index in [1.54, 1.807) is 4.90 Å². The Kier molecular flexibility index (Phi) is 4.74. The Hall–Kier alpha value is -1.88. The van der Waals surface area contributed by atoms with E-state index in [4.69, 9.17) is 4.74 Å². The first-order valence-electron chi connectivity index (χ1n) is 6.84. The Morgan fingerprint density at radius 2 is 2.05 bits per heavy atom. The van der Waals surface area contributed by atoms with Crippen LogP contribution in [0, 0.1) is 0 Å². The monoisotopic (exact) mass is 276 g/mol. The third kappa shape index (κ3) is 3.57. The molecule has 1 heterocycles. The highest BCUT2D eigenvalue weighted by Gasteiger charge is 2.27. The fourth-order valence-electron chi connectivity index (χ4n) is 2.23. The Labute approximate surface area is 118 Å². The zero-order valence-electron chi connectivity index (χ0n) is 11.8. The Bertz CT molecular complexity index is 475. The number of hydrogen-bond donors (Lipinski definition) is 1. The summed E-state index contributed by atoms with van der Waals surface area (Å²) in [7, 11) is 0. The number of ether oxygens (including phenoxy) is 1. The van der Waals surface area contributed by atoms with Crippen molar-refractivity contribution < 1.29 is 14.3 Å². The lowest BCUT2D eigenvalue weighted by Crippen LogP contribution is -2.50. The van der Waals surface area contributed by atoms with Crippen molar-refractivity contribution in [1.29, 1.82) is 0 Å². The quantitative estimate of drug-likeness (QED) is 0.823. The molecular formula is C15H20N2O3. The summed E-state index contributed by atoms with van der Waals surface area (Å²) in [5.74, 6) is -1.04. The molecule has 2 rings (SSSR count). The third-order valence-corrected chi connectivity index (χ3v) is 3.37. The van der Waals surface area contributed by atoms with Crippen LogP contribution in [0.2, 0.25) is 0 Å². The van der Waals surface area contributed by atoms with E-state index in [1.165, 1.54) is 0 Å². The molecule has 0 spiro atoms. The predicted octanol–water partition coefficient (Wildman–Crippen LogP) is 1.11. The first kappa shape index (κ1) is 14.5. The molecule has 0 bridgehead atoms. The number of hydrogen-bond acceptors (Lipinski definition) is 3. The van der Waals surface area contributed by atoms with Crippen LogP contribution in [0.25, 0.3) is 0 Å². The largest absolute Gasteiger partial charge is 0.375 e. The minimum atomic E-state index is -0.560. The van der Waals surface area contributed by atoms with Gasteiger partial charge >= 0.3 is 11.8 Å². The van der Waals surface area contributed by atoms with E-state index in [1.807, 2.05) is 44.2 Å². The molecule has 1 saturated heterocycles. The van der Waals surface area contributed by atoms with E-state index in [-0.39, 0.29) is 12.1 Å². The molecule has 1 aromatic carbocycles. The molecule has 1 fully saturated rings.